The quantitative estimate of drug-likeness (QED) is 0.756. The number of halogens is 1. The van der Waals surface area contributed by atoms with Crippen LogP contribution in [0, 0.1) is 0 Å². The van der Waals surface area contributed by atoms with Gasteiger partial charge in [-0.3, -0.25) is 4.79 Å². The highest BCUT2D eigenvalue weighted by Gasteiger charge is 2.13. The van der Waals surface area contributed by atoms with E-state index in [9.17, 15) is 9.59 Å². The topological polar surface area (TPSA) is 88.0 Å². The molecule has 2 rings (SSSR count). The van der Waals surface area contributed by atoms with Crippen molar-refractivity contribution in [3.63, 3.8) is 0 Å². The minimum atomic E-state index is -1.13. The van der Waals surface area contributed by atoms with E-state index in [2.05, 4.69) is 10.1 Å². The van der Waals surface area contributed by atoms with Gasteiger partial charge in [-0.1, -0.05) is 0 Å². The fraction of sp³-hybridized carbons (Fsp3) is 0. The molecule has 0 aromatic carbocycles. The Bertz CT molecular complexity index is 571. The lowest BCUT2D eigenvalue weighted by Crippen LogP contribution is -2.10. The van der Waals surface area contributed by atoms with Gasteiger partial charge < -0.3 is 10.1 Å². The molecule has 0 aliphatic heterocycles. The van der Waals surface area contributed by atoms with Crippen molar-refractivity contribution in [1.29, 1.82) is 0 Å². The number of H-pyrrole nitrogens is 1. The summed E-state index contributed by atoms with van der Waals surface area (Å²) in [6.45, 7) is 0. The van der Waals surface area contributed by atoms with Crippen LogP contribution >= 0.6 is 22.9 Å². The number of pyridine rings is 1. The number of rotatable bonds is 1. The molecule has 0 unspecified atom stereocenters. The fourth-order valence-electron chi connectivity index (χ4n) is 1.18. The maximum Gasteiger partial charge on any atom is 0.336 e. The van der Waals surface area contributed by atoms with E-state index in [1.54, 1.807) is 0 Å². The van der Waals surface area contributed by atoms with Crippen molar-refractivity contribution in [3.05, 3.63) is 28.2 Å². The van der Waals surface area contributed by atoms with Gasteiger partial charge in [0.2, 0.25) is 5.56 Å². The third-order valence-electron chi connectivity index (χ3n) is 1.77. The predicted molar refractivity (Wildman–Crippen MR) is 56.7 cm³/mol. The number of fused-ring (bicyclic) bond motifs is 1. The smallest absolute Gasteiger partial charge is 0.336 e. The molecule has 2 N–H and O–H groups in total. The van der Waals surface area contributed by atoms with E-state index in [0.29, 0.717) is 11.0 Å². The Morgan fingerprint density at radius 1 is 1.64 bits per heavy atom. The van der Waals surface area contributed by atoms with Crippen LogP contribution in [-0.4, -0.2) is 24.1 Å². The van der Waals surface area contributed by atoms with Crippen LogP contribution in [-0.2, 0) is 0 Å². The van der Waals surface area contributed by atoms with Gasteiger partial charge >= 0.3 is 5.97 Å². The number of carbonyl (C=O) groups is 1. The molecule has 0 radical (unpaired) electrons. The SMILES string of the molecule is O=C(O)c1cc(=O)[nH]c2c1cnn2I. The molecule has 2 aromatic heterocycles. The van der Waals surface area contributed by atoms with Crippen LogP contribution in [0.15, 0.2) is 17.1 Å². The lowest BCUT2D eigenvalue weighted by atomic mass is 10.2. The first-order valence-corrected chi connectivity index (χ1v) is 4.56. The van der Waals surface area contributed by atoms with Gasteiger partial charge in [0.1, 0.15) is 5.65 Å². The van der Waals surface area contributed by atoms with E-state index >= 15 is 0 Å². The average Bonchev–Trinajstić information content (AvgIpc) is 2.47. The van der Waals surface area contributed by atoms with Gasteiger partial charge in [-0.05, 0) is 0 Å². The van der Waals surface area contributed by atoms with Crippen molar-refractivity contribution in [1.82, 2.24) is 13.0 Å². The number of nitrogens with one attached hydrogen (secondary N) is 1. The Morgan fingerprint density at radius 2 is 2.36 bits per heavy atom. The van der Waals surface area contributed by atoms with E-state index in [1.807, 2.05) is 22.9 Å². The van der Waals surface area contributed by atoms with Crippen LogP contribution < -0.4 is 5.56 Å². The van der Waals surface area contributed by atoms with E-state index in [-0.39, 0.29) is 5.56 Å². The second kappa shape index (κ2) is 3.08. The summed E-state index contributed by atoms with van der Waals surface area (Å²) >= 11 is 1.85. The minimum absolute atomic E-state index is 0.0355. The molecule has 0 aliphatic carbocycles. The summed E-state index contributed by atoms with van der Waals surface area (Å²) in [4.78, 5) is 24.4. The van der Waals surface area contributed by atoms with Crippen LogP contribution in [0.2, 0.25) is 0 Å². The maximum absolute atomic E-state index is 11.1. The summed E-state index contributed by atoms with van der Waals surface area (Å²) < 4.78 is 1.39. The van der Waals surface area contributed by atoms with Crippen LogP contribution in [0.4, 0.5) is 0 Å². The summed E-state index contributed by atoms with van der Waals surface area (Å²) in [7, 11) is 0. The first kappa shape index (κ1) is 9.19. The van der Waals surface area contributed by atoms with Crippen LogP contribution in [0.5, 0.6) is 0 Å². The molecule has 0 spiro atoms. The number of carboxylic acid groups (broad SMARTS) is 1. The van der Waals surface area contributed by atoms with E-state index < -0.39 is 11.5 Å². The average molecular weight is 305 g/mol. The van der Waals surface area contributed by atoms with Gasteiger partial charge in [0.25, 0.3) is 0 Å². The fourth-order valence-corrected chi connectivity index (χ4v) is 1.68. The molecule has 2 heterocycles. The van der Waals surface area contributed by atoms with Crippen molar-refractivity contribution in [2.24, 2.45) is 0 Å². The molecule has 0 aliphatic rings. The second-order valence-corrected chi connectivity index (χ2v) is 3.53. The monoisotopic (exact) mass is 305 g/mol. The maximum atomic E-state index is 11.1. The van der Waals surface area contributed by atoms with Gasteiger partial charge in [0, 0.05) is 6.07 Å². The summed E-state index contributed by atoms with van der Waals surface area (Å²) in [5.74, 6) is -1.13. The Kier molecular flexibility index (Phi) is 2.02. The number of hydrogen-bond donors (Lipinski definition) is 2. The summed E-state index contributed by atoms with van der Waals surface area (Å²) in [5, 5.41) is 13.1. The van der Waals surface area contributed by atoms with Gasteiger partial charge in [0.05, 0.1) is 40.0 Å². The van der Waals surface area contributed by atoms with E-state index in [0.717, 1.165) is 6.07 Å². The highest BCUT2D eigenvalue weighted by molar-refractivity contribution is 14.1. The highest BCUT2D eigenvalue weighted by Crippen LogP contribution is 2.15. The zero-order valence-corrected chi connectivity index (χ0v) is 8.85. The van der Waals surface area contributed by atoms with Gasteiger partial charge in [-0.2, -0.15) is 7.99 Å². The van der Waals surface area contributed by atoms with E-state index in [4.69, 9.17) is 5.11 Å². The van der Waals surface area contributed by atoms with Crippen LogP contribution in [0.25, 0.3) is 11.0 Å². The first-order chi connectivity index (χ1) is 6.59. The Morgan fingerprint density at radius 3 is 3.00 bits per heavy atom. The lowest BCUT2D eigenvalue weighted by molar-refractivity contribution is 0.0699. The molecular formula is C7H4IN3O3. The lowest BCUT2D eigenvalue weighted by Gasteiger charge is -1.95. The number of aromatic carboxylic acids is 1. The zero-order chi connectivity index (χ0) is 10.3. The van der Waals surface area contributed by atoms with E-state index in [1.165, 1.54) is 9.09 Å². The third kappa shape index (κ3) is 1.29. The number of nitrogens with zero attached hydrogens (tertiary/aromatic N) is 2. The minimum Gasteiger partial charge on any atom is -0.478 e. The zero-order valence-electron chi connectivity index (χ0n) is 6.69. The largest absolute Gasteiger partial charge is 0.478 e. The van der Waals surface area contributed by atoms with Crippen molar-refractivity contribution >= 4 is 39.9 Å². The van der Waals surface area contributed by atoms with Crippen molar-refractivity contribution in [2.45, 2.75) is 0 Å². The highest BCUT2D eigenvalue weighted by atomic mass is 127. The molecule has 0 bridgehead atoms. The third-order valence-corrected chi connectivity index (χ3v) is 2.50. The molecule has 2 aromatic rings. The molecule has 0 fully saturated rings. The number of aromatic amines is 1. The van der Waals surface area contributed by atoms with Crippen molar-refractivity contribution in [2.75, 3.05) is 0 Å². The molecule has 0 amide bonds. The normalized spacial score (nSPS) is 10.6. The molecule has 6 nitrogen and oxygen atoms in total. The summed E-state index contributed by atoms with van der Waals surface area (Å²) in [5.41, 5.74) is -0.0875. The molecule has 7 heteroatoms. The van der Waals surface area contributed by atoms with Gasteiger partial charge in [-0.15, -0.1) is 0 Å². The molecule has 0 saturated carbocycles. The molecule has 72 valence electrons. The predicted octanol–water partition coefficient (Wildman–Crippen LogP) is 0.621. The van der Waals surface area contributed by atoms with Crippen LogP contribution in [0.3, 0.4) is 0 Å². The van der Waals surface area contributed by atoms with Gasteiger partial charge in [-0.25, -0.2) is 4.79 Å². The Balaban J connectivity index is 2.96. The van der Waals surface area contributed by atoms with Crippen molar-refractivity contribution < 1.29 is 9.90 Å². The van der Waals surface area contributed by atoms with Crippen LogP contribution in [0.1, 0.15) is 10.4 Å². The Hall–Kier alpha value is -1.38. The summed E-state index contributed by atoms with van der Waals surface area (Å²) in [6, 6.07) is 1.04. The molecule has 0 atom stereocenters. The number of hydrogen-bond acceptors (Lipinski definition) is 3. The number of aromatic nitrogens is 3. The van der Waals surface area contributed by atoms with Gasteiger partial charge in [0.15, 0.2) is 0 Å². The first-order valence-electron chi connectivity index (χ1n) is 3.60. The molecular weight excluding hydrogens is 301 g/mol. The molecule has 0 saturated heterocycles. The standard InChI is InChI=1S/C7H4IN3O3/c8-11-6-4(2-9-11)3(7(13)14)1-5(12)10-6/h1-2H,(H,10,12)(H,13,14). The Labute approximate surface area is 91.0 Å². The number of carboxylic acids is 1. The summed E-state index contributed by atoms with van der Waals surface area (Å²) in [6.07, 6.45) is 1.40. The molecule has 14 heavy (non-hydrogen) atoms. The second-order valence-electron chi connectivity index (χ2n) is 2.62. The van der Waals surface area contributed by atoms with Crippen molar-refractivity contribution in [3.8, 4) is 0 Å².